The van der Waals surface area contributed by atoms with E-state index in [9.17, 15) is 9.59 Å². The highest BCUT2D eigenvalue weighted by Crippen LogP contribution is 2.15. The molecule has 0 spiro atoms. The molecule has 2 fully saturated rings. The first-order valence-electron chi connectivity index (χ1n) is 11.0. The van der Waals surface area contributed by atoms with Crippen LogP contribution < -0.4 is 10.6 Å². The average molecular weight is 423 g/mol. The van der Waals surface area contributed by atoms with Gasteiger partial charge in [0, 0.05) is 50.5 Å². The molecule has 2 saturated heterocycles. The summed E-state index contributed by atoms with van der Waals surface area (Å²) in [5.74, 6) is 0.0583. The molecule has 7 heteroatoms. The minimum absolute atomic E-state index is 0.0383. The van der Waals surface area contributed by atoms with Gasteiger partial charge in [-0.3, -0.25) is 9.69 Å². The Morgan fingerprint density at radius 2 is 1.71 bits per heavy atom. The quantitative estimate of drug-likeness (QED) is 0.751. The van der Waals surface area contributed by atoms with Crippen LogP contribution in [0.2, 0.25) is 0 Å². The lowest BCUT2D eigenvalue weighted by Gasteiger charge is -2.33. The van der Waals surface area contributed by atoms with Gasteiger partial charge in [0.2, 0.25) is 0 Å². The maximum atomic E-state index is 12.4. The summed E-state index contributed by atoms with van der Waals surface area (Å²) >= 11 is 0. The highest BCUT2D eigenvalue weighted by atomic mass is 16.5. The molecule has 2 aromatic rings. The van der Waals surface area contributed by atoms with E-state index in [1.54, 1.807) is 24.3 Å². The number of benzene rings is 2. The minimum Gasteiger partial charge on any atom is -0.374 e. The van der Waals surface area contributed by atoms with Crippen LogP contribution in [-0.4, -0.2) is 67.2 Å². The second-order valence-corrected chi connectivity index (χ2v) is 8.13. The van der Waals surface area contributed by atoms with E-state index in [2.05, 4.69) is 27.7 Å². The molecule has 2 aliphatic rings. The van der Waals surface area contributed by atoms with E-state index in [1.165, 1.54) is 5.56 Å². The Hall–Kier alpha value is -2.90. The van der Waals surface area contributed by atoms with E-state index in [-0.39, 0.29) is 18.0 Å². The van der Waals surface area contributed by atoms with Gasteiger partial charge in [-0.25, -0.2) is 4.79 Å². The smallest absolute Gasteiger partial charge is 0.319 e. The first-order chi connectivity index (χ1) is 15.2. The van der Waals surface area contributed by atoms with Gasteiger partial charge < -0.3 is 20.3 Å². The highest BCUT2D eigenvalue weighted by Gasteiger charge is 2.21. The van der Waals surface area contributed by atoms with Crippen molar-refractivity contribution in [3.05, 3.63) is 65.7 Å². The van der Waals surface area contributed by atoms with Crippen LogP contribution in [0.15, 0.2) is 54.6 Å². The Morgan fingerprint density at radius 3 is 2.45 bits per heavy atom. The third kappa shape index (κ3) is 6.06. The summed E-state index contributed by atoms with van der Waals surface area (Å²) in [6.07, 6.45) is 2.10. The van der Waals surface area contributed by atoms with Crippen molar-refractivity contribution in [2.75, 3.05) is 44.6 Å². The SMILES string of the molecule is O=C(NCC1CN(Cc2ccccc2)CCO1)Nc1ccc(C(=O)N2CCCC2)cc1. The molecule has 164 valence electrons. The number of nitrogens with zero attached hydrogens (tertiary/aromatic N) is 2. The highest BCUT2D eigenvalue weighted by molar-refractivity contribution is 5.95. The van der Waals surface area contributed by atoms with E-state index in [1.807, 2.05) is 23.1 Å². The number of rotatable bonds is 6. The number of amides is 3. The third-order valence-corrected chi connectivity index (χ3v) is 5.75. The van der Waals surface area contributed by atoms with Gasteiger partial charge in [-0.05, 0) is 42.7 Å². The fourth-order valence-corrected chi connectivity index (χ4v) is 4.07. The van der Waals surface area contributed by atoms with Gasteiger partial charge in [0.05, 0.1) is 12.7 Å². The molecule has 0 aliphatic carbocycles. The number of hydrogen-bond donors (Lipinski definition) is 2. The van der Waals surface area contributed by atoms with Crippen molar-refractivity contribution in [3.63, 3.8) is 0 Å². The molecule has 1 atom stereocenters. The predicted octanol–water partition coefficient (Wildman–Crippen LogP) is 2.95. The maximum Gasteiger partial charge on any atom is 0.319 e. The van der Waals surface area contributed by atoms with Gasteiger partial charge in [0.25, 0.3) is 5.91 Å². The zero-order valence-electron chi connectivity index (χ0n) is 17.8. The van der Waals surface area contributed by atoms with Crippen LogP contribution in [0.5, 0.6) is 0 Å². The fraction of sp³-hybridized carbons (Fsp3) is 0.417. The van der Waals surface area contributed by atoms with Gasteiger partial charge in [0.1, 0.15) is 0 Å². The Morgan fingerprint density at radius 1 is 0.968 bits per heavy atom. The summed E-state index contributed by atoms with van der Waals surface area (Å²) < 4.78 is 5.81. The van der Waals surface area contributed by atoms with Gasteiger partial charge in [0.15, 0.2) is 0 Å². The molecule has 2 aromatic carbocycles. The molecule has 31 heavy (non-hydrogen) atoms. The van der Waals surface area contributed by atoms with Crippen molar-refractivity contribution < 1.29 is 14.3 Å². The van der Waals surface area contributed by atoms with Crippen LogP contribution >= 0.6 is 0 Å². The van der Waals surface area contributed by atoms with E-state index in [0.717, 1.165) is 45.6 Å². The zero-order chi connectivity index (χ0) is 21.5. The van der Waals surface area contributed by atoms with Crippen molar-refractivity contribution in [3.8, 4) is 0 Å². The summed E-state index contributed by atoms with van der Waals surface area (Å²) in [6.45, 7) is 5.31. The monoisotopic (exact) mass is 422 g/mol. The minimum atomic E-state index is -0.276. The number of urea groups is 1. The standard InChI is InChI=1S/C24H30N4O3/c29-23(28-12-4-5-13-28)20-8-10-21(11-9-20)26-24(30)25-16-22-18-27(14-15-31-22)17-19-6-2-1-3-7-19/h1-3,6-11,22H,4-5,12-18H2,(H2,25,26,30). The summed E-state index contributed by atoms with van der Waals surface area (Å²) in [5.41, 5.74) is 2.59. The first kappa shape index (κ1) is 21.3. The second kappa shape index (κ2) is 10.4. The van der Waals surface area contributed by atoms with Gasteiger partial charge in [-0.15, -0.1) is 0 Å². The Balaban J connectivity index is 1.21. The molecule has 0 aromatic heterocycles. The molecule has 1 unspecified atom stereocenters. The number of carbonyl (C=O) groups is 2. The molecule has 0 radical (unpaired) electrons. The molecule has 2 aliphatic heterocycles. The molecule has 4 rings (SSSR count). The molecule has 7 nitrogen and oxygen atoms in total. The number of anilines is 1. The van der Waals surface area contributed by atoms with Gasteiger partial charge in [-0.2, -0.15) is 0 Å². The molecule has 3 amide bonds. The Kier molecular flexibility index (Phi) is 7.17. The summed E-state index contributed by atoms with van der Waals surface area (Å²) in [6, 6.07) is 17.2. The predicted molar refractivity (Wildman–Crippen MR) is 120 cm³/mol. The number of hydrogen-bond acceptors (Lipinski definition) is 4. The maximum absolute atomic E-state index is 12.4. The Bertz CT molecular complexity index is 866. The van der Waals surface area contributed by atoms with E-state index in [0.29, 0.717) is 24.4 Å². The number of likely N-dealkylation sites (tertiary alicyclic amines) is 1. The first-order valence-corrected chi connectivity index (χ1v) is 11.0. The summed E-state index contributed by atoms with van der Waals surface area (Å²) in [7, 11) is 0. The molecule has 0 saturated carbocycles. The molecule has 2 heterocycles. The number of carbonyl (C=O) groups excluding carboxylic acids is 2. The van der Waals surface area contributed by atoms with Crippen molar-refractivity contribution in [2.24, 2.45) is 0 Å². The lowest BCUT2D eigenvalue weighted by molar-refractivity contribution is -0.0285. The van der Waals surface area contributed by atoms with Crippen molar-refractivity contribution in [2.45, 2.75) is 25.5 Å². The Labute approximate surface area is 183 Å². The van der Waals surface area contributed by atoms with Crippen LogP contribution in [0.3, 0.4) is 0 Å². The number of nitrogens with one attached hydrogen (secondary N) is 2. The average Bonchev–Trinajstić information content (AvgIpc) is 3.34. The van der Waals surface area contributed by atoms with E-state index >= 15 is 0 Å². The topological polar surface area (TPSA) is 73.9 Å². The van der Waals surface area contributed by atoms with Crippen LogP contribution in [0.1, 0.15) is 28.8 Å². The molecular formula is C24H30N4O3. The van der Waals surface area contributed by atoms with Gasteiger partial charge in [-0.1, -0.05) is 30.3 Å². The van der Waals surface area contributed by atoms with Crippen LogP contribution in [0, 0.1) is 0 Å². The van der Waals surface area contributed by atoms with Crippen molar-refractivity contribution >= 4 is 17.6 Å². The van der Waals surface area contributed by atoms with E-state index < -0.39 is 0 Å². The normalized spacial score (nSPS) is 19.2. The number of ether oxygens (including phenoxy) is 1. The van der Waals surface area contributed by atoms with Crippen LogP contribution in [0.4, 0.5) is 10.5 Å². The van der Waals surface area contributed by atoms with Gasteiger partial charge >= 0.3 is 6.03 Å². The van der Waals surface area contributed by atoms with Crippen molar-refractivity contribution in [1.29, 1.82) is 0 Å². The summed E-state index contributed by atoms with van der Waals surface area (Å²) in [4.78, 5) is 28.9. The third-order valence-electron chi connectivity index (χ3n) is 5.75. The lowest BCUT2D eigenvalue weighted by atomic mass is 10.2. The van der Waals surface area contributed by atoms with Crippen LogP contribution in [-0.2, 0) is 11.3 Å². The second-order valence-electron chi connectivity index (χ2n) is 8.13. The zero-order valence-corrected chi connectivity index (χ0v) is 17.8. The molecule has 2 N–H and O–H groups in total. The van der Waals surface area contributed by atoms with Crippen LogP contribution in [0.25, 0.3) is 0 Å². The number of morpholine rings is 1. The van der Waals surface area contributed by atoms with E-state index in [4.69, 9.17) is 4.74 Å². The molecular weight excluding hydrogens is 392 g/mol. The van der Waals surface area contributed by atoms with Crippen molar-refractivity contribution in [1.82, 2.24) is 15.1 Å². The molecule has 0 bridgehead atoms. The lowest BCUT2D eigenvalue weighted by Crippen LogP contribution is -2.47. The summed E-state index contributed by atoms with van der Waals surface area (Å²) in [5, 5.41) is 5.71. The fourth-order valence-electron chi connectivity index (χ4n) is 4.07. The largest absolute Gasteiger partial charge is 0.374 e.